The van der Waals surface area contributed by atoms with Crippen LogP contribution in [0.1, 0.15) is 41.5 Å². The second-order valence-corrected chi connectivity index (χ2v) is 6.24. The van der Waals surface area contributed by atoms with Gasteiger partial charge in [0.2, 0.25) is 0 Å². The van der Waals surface area contributed by atoms with E-state index < -0.39 is 19.4 Å². The Morgan fingerprint density at radius 3 is 1.15 bits per heavy atom. The predicted molar refractivity (Wildman–Crippen MR) is 53.0 cm³/mol. The lowest BCUT2D eigenvalue weighted by Crippen LogP contribution is -2.26. The van der Waals surface area contributed by atoms with Gasteiger partial charge in [-0.05, 0) is 41.5 Å². The first-order valence-corrected chi connectivity index (χ1v) is 5.70. The molecule has 0 unspecified atom stereocenters. The summed E-state index contributed by atoms with van der Waals surface area (Å²) in [7, 11) is -3.69. The average molecular weight is 211 g/mol. The molecule has 0 aliphatic rings. The fourth-order valence-electron chi connectivity index (χ4n) is 0.732. The summed E-state index contributed by atoms with van der Waals surface area (Å²) in [6, 6.07) is 0. The van der Waals surface area contributed by atoms with Crippen molar-refractivity contribution in [1.82, 2.24) is 0 Å². The molecule has 0 fully saturated rings. The first-order valence-electron chi connectivity index (χ1n) is 4.17. The van der Waals surface area contributed by atoms with E-state index in [0.717, 1.165) is 0 Å². The second-order valence-electron chi connectivity index (χ2n) is 4.90. The molecule has 0 aromatic carbocycles. The fraction of sp³-hybridized carbons (Fsp3) is 1.00. The molecule has 13 heavy (non-hydrogen) atoms. The van der Waals surface area contributed by atoms with E-state index in [1.54, 1.807) is 41.5 Å². The van der Waals surface area contributed by atoms with Crippen molar-refractivity contribution in [2.75, 3.05) is 0 Å². The van der Waals surface area contributed by atoms with E-state index in [9.17, 15) is 9.79 Å². The van der Waals surface area contributed by atoms with Crippen LogP contribution in [0.2, 0.25) is 0 Å². The molecule has 0 spiro atoms. The van der Waals surface area contributed by atoms with Gasteiger partial charge < -0.3 is 0 Å². The molecule has 0 aromatic heterocycles. The van der Waals surface area contributed by atoms with Crippen LogP contribution in [-0.2, 0) is 9.05 Å². The molecule has 0 saturated carbocycles. The second kappa shape index (κ2) is 3.79. The molecular weight excluding hydrogens is 191 g/mol. The zero-order chi connectivity index (χ0) is 10.9. The fourth-order valence-corrected chi connectivity index (χ4v) is 2.20. The van der Waals surface area contributed by atoms with Crippen LogP contribution in [0.3, 0.4) is 0 Å². The number of rotatable bonds is 2. The van der Waals surface area contributed by atoms with Gasteiger partial charge in [-0.3, -0.25) is 0 Å². The first kappa shape index (κ1) is 13.3. The maximum absolute atomic E-state index is 9.41. The standard InChI is InChI=1S/C8H20O4P/c1-7(2,3)11-13(9,10)12-8(4,5)6/h9-10H,1-6H3/q+1. The first-order chi connectivity index (χ1) is 5.41. The van der Waals surface area contributed by atoms with Gasteiger partial charge in [0.05, 0.1) is 0 Å². The molecule has 0 atom stereocenters. The lowest BCUT2D eigenvalue weighted by Gasteiger charge is -2.24. The zero-order valence-corrected chi connectivity index (χ0v) is 10.1. The van der Waals surface area contributed by atoms with Crippen molar-refractivity contribution < 1.29 is 18.8 Å². The lowest BCUT2D eigenvalue weighted by atomic mass is 10.2. The molecule has 0 heterocycles. The van der Waals surface area contributed by atoms with Gasteiger partial charge in [0.25, 0.3) is 0 Å². The highest BCUT2D eigenvalue weighted by molar-refractivity contribution is 7.54. The SMILES string of the molecule is CC(C)(C)O[P+](O)(O)OC(C)(C)C. The minimum atomic E-state index is -3.69. The Balaban J connectivity index is 4.25. The van der Waals surface area contributed by atoms with E-state index in [0.29, 0.717) is 0 Å². The van der Waals surface area contributed by atoms with Crippen LogP contribution in [0.5, 0.6) is 0 Å². The summed E-state index contributed by atoms with van der Waals surface area (Å²) in [5.74, 6) is 0. The largest absolute Gasteiger partial charge is 0.571 e. The number of hydrogen-bond donors (Lipinski definition) is 2. The molecule has 0 aliphatic heterocycles. The molecule has 0 bridgehead atoms. The van der Waals surface area contributed by atoms with Crippen LogP contribution in [-0.4, -0.2) is 21.0 Å². The Morgan fingerprint density at radius 2 is 1.00 bits per heavy atom. The van der Waals surface area contributed by atoms with Crippen LogP contribution in [0.4, 0.5) is 0 Å². The summed E-state index contributed by atoms with van der Waals surface area (Å²) >= 11 is 0. The van der Waals surface area contributed by atoms with Crippen molar-refractivity contribution in [3.05, 3.63) is 0 Å². The Bertz CT molecular complexity index is 148. The molecule has 0 amide bonds. The lowest BCUT2D eigenvalue weighted by molar-refractivity contribution is -0.00346. The van der Waals surface area contributed by atoms with Crippen LogP contribution < -0.4 is 0 Å². The molecule has 0 saturated heterocycles. The van der Waals surface area contributed by atoms with E-state index >= 15 is 0 Å². The van der Waals surface area contributed by atoms with Gasteiger partial charge in [0.1, 0.15) is 11.2 Å². The molecule has 4 nitrogen and oxygen atoms in total. The Labute approximate surface area is 80.5 Å². The molecule has 80 valence electrons. The van der Waals surface area contributed by atoms with Crippen molar-refractivity contribution in [2.24, 2.45) is 0 Å². The van der Waals surface area contributed by atoms with E-state index in [1.165, 1.54) is 0 Å². The van der Waals surface area contributed by atoms with Crippen molar-refractivity contribution in [3.63, 3.8) is 0 Å². The van der Waals surface area contributed by atoms with Gasteiger partial charge in [-0.15, -0.1) is 9.05 Å². The summed E-state index contributed by atoms with van der Waals surface area (Å²) in [6.07, 6.45) is 0. The molecule has 0 radical (unpaired) electrons. The van der Waals surface area contributed by atoms with Crippen molar-refractivity contribution in [2.45, 2.75) is 52.7 Å². The monoisotopic (exact) mass is 211 g/mol. The molecule has 5 heteroatoms. The maximum atomic E-state index is 9.41. The zero-order valence-electron chi connectivity index (χ0n) is 9.16. The highest BCUT2D eigenvalue weighted by Crippen LogP contribution is 2.57. The minimum absolute atomic E-state index is 0.622. The molecule has 2 N–H and O–H groups in total. The summed E-state index contributed by atoms with van der Waals surface area (Å²) in [5, 5.41) is 0. The smallest absolute Gasteiger partial charge is 0.168 e. The van der Waals surface area contributed by atoms with Crippen LogP contribution >= 0.6 is 8.17 Å². The third-order valence-corrected chi connectivity index (χ3v) is 2.36. The van der Waals surface area contributed by atoms with Crippen LogP contribution in [0, 0.1) is 0 Å². The van der Waals surface area contributed by atoms with Crippen molar-refractivity contribution in [3.8, 4) is 0 Å². The molecular formula is C8H20O4P+. The van der Waals surface area contributed by atoms with E-state index in [4.69, 9.17) is 9.05 Å². The molecule has 0 aliphatic carbocycles. The Morgan fingerprint density at radius 1 is 0.769 bits per heavy atom. The van der Waals surface area contributed by atoms with E-state index in [-0.39, 0.29) is 0 Å². The maximum Gasteiger partial charge on any atom is 0.571 e. The van der Waals surface area contributed by atoms with E-state index in [2.05, 4.69) is 0 Å². The summed E-state index contributed by atoms with van der Waals surface area (Å²) < 4.78 is 10.0. The third kappa shape index (κ3) is 8.60. The van der Waals surface area contributed by atoms with Gasteiger partial charge in [-0.1, -0.05) is 0 Å². The summed E-state index contributed by atoms with van der Waals surface area (Å²) in [5.41, 5.74) is -1.24. The average Bonchev–Trinajstić information content (AvgIpc) is 1.43. The minimum Gasteiger partial charge on any atom is -0.168 e. The van der Waals surface area contributed by atoms with Gasteiger partial charge >= 0.3 is 8.17 Å². The third-order valence-electron chi connectivity index (χ3n) is 0.786. The Kier molecular flexibility index (Phi) is 3.87. The Hall–Kier alpha value is 0.270. The van der Waals surface area contributed by atoms with Gasteiger partial charge in [-0.25, -0.2) is 0 Å². The van der Waals surface area contributed by atoms with Gasteiger partial charge in [0.15, 0.2) is 0 Å². The van der Waals surface area contributed by atoms with Crippen molar-refractivity contribution >= 4 is 8.17 Å². The van der Waals surface area contributed by atoms with Gasteiger partial charge in [0, 0.05) is 0 Å². The molecule has 0 rings (SSSR count). The van der Waals surface area contributed by atoms with Crippen molar-refractivity contribution in [1.29, 1.82) is 0 Å². The topological polar surface area (TPSA) is 58.9 Å². The van der Waals surface area contributed by atoms with Gasteiger partial charge in [-0.2, -0.15) is 9.79 Å². The highest BCUT2D eigenvalue weighted by atomic mass is 31.2. The highest BCUT2D eigenvalue weighted by Gasteiger charge is 2.48. The quantitative estimate of drug-likeness (QED) is 0.688. The van der Waals surface area contributed by atoms with Crippen LogP contribution in [0.15, 0.2) is 0 Å². The normalized spacial score (nSPS) is 14.8. The summed E-state index contributed by atoms with van der Waals surface area (Å²) in [6.45, 7) is 10.4. The predicted octanol–water partition coefficient (Wildman–Crippen LogP) is 2.28. The summed E-state index contributed by atoms with van der Waals surface area (Å²) in [4.78, 5) is 18.8. The molecule has 0 aromatic rings. The van der Waals surface area contributed by atoms with E-state index in [1.807, 2.05) is 0 Å². The number of hydrogen-bond acceptors (Lipinski definition) is 4. The van der Waals surface area contributed by atoms with Crippen LogP contribution in [0.25, 0.3) is 0 Å².